The minimum atomic E-state index is -0.426. The van der Waals surface area contributed by atoms with Crippen molar-refractivity contribution in [3.05, 3.63) is 16.5 Å². The summed E-state index contributed by atoms with van der Waals surface area (Å²) in [5.41, 5.74) is 1.48. The fraction of sp³-hybridized carbons (Fsp3) is 0.722. The highest BCUT2D eigenvalue weighted by Gasteiger charge is 2.60. The number of methoxy groups -OCH3 is 1. The van der Waals surface area contributed by atoms with Gasteiger partial charge < -0.3 is 9.64 Å². The first-order valence-electron chi connectivity index (χ1n) is 8.86. The molecule has 2 saturated carbocycles. The van der Waals surface area contributed by atoms with E-state index < -0.39 is 5.97 Å². The standard InChI is InChI=1S/C18H24BrN3O2/c1-12-17(3-4-17)5-6-18(12)7-9-22(10-8-18)15-14(16(23)24-2)21-13(19)11-20-15/h11-12H,3-10H2,1-2H3. The molecule has 0 aromatic carbocycles. The minimum Gasteiger partial charge on any atom is -0.464 e. The normalized spacial score (nSPS) is 26.8. The van der Waals surface area contributed by atoms with Crippen molar-refractivity contribution in [2.24, 2.45) is 16.7 Å². The molecule has 130 valence electrons. The average molecular weight is 394 g/mol. The lowest BCUT2D eigenvalue weighted by atomic mass is 9.69. The van der Waals surface area contributed by atoms with Crippen LogP contribution in [0.3, 0.4) is 0 Å². The molecular weight excluding hydrogens is 370 g/mol. The van der Waals surface area contributed by atoms with Crippen LogP contribution in [0.15, 0.2) is 10.8 Å². The van der Waals surface area contributed by atoms with Gasteiger partial charge in [0.05, 0.1) is 13.3 Å². The van der Waals surface area contributed by atoms with Crippen molar-refractivity contribution in [2.45, 2.75) is 45.4 Å². The summed E-state index contributed by atoms with van der Waals surface area (Å²) in [6, 6.07) is 0. The summed E-state index contributed by atoms with van der Waals surface area (Å²) in [5, 5.41) is 0. The van der Waals surface area contributed by atoms with Crippen LogP contribution < -0.4 is 4.90 Å². The van der Waals surface area contributed by atoms with E-state index in [1.165, 1.54) is 45.6 Å². The number of piperidine rings is 1. The van der Waals surface area contributed by atoms with Crippen molar-refractivity contribution in [1.82, 2.24) is 9.97 Å². The largest absolute Gasteiger partial charge is 0.464 e. The molecule has 0 N–H and O–H groups in total. The molecule has 3 fully saturated rings. The van der Waals surface area contributed by atoms with Crippen LogP contribution in [0.4, 0.5) is 5.82 Å². The number of nitrogens with zero attached hydrogens (tertiary/aromatic N) is 3. The number of halogens is 1. The van der Waals surface area contributed by atoms with Gasteiger partial charge in [0.1, 0.15) is 4.60 Å². The lowest BCUT2D eigenvalue weighted by Gasteiger charge is -2.44. The summed E-state index contributed by atoms with van der Waals surface area (Å²) < 4.78 is 5.44. The van der Waals surface area contributed by atoms with Gasteiger partial charge in [-0.1, -0.05) is 6.92 Å². The fourth-order valence-corrected chi connectivity index (χ4v) is 5.38. The maximum absolute atomic E-state index is 12.1. The number of aromatic nitrogens is 2. The highest BCUT2D eigenvalue weighted by molar-refractivity contribution is 9.10. The SMILES string of the molecule is COC(=O)c1nc(Br)cnc1N1CCC2(CC1)CCC1(CC1)C2C. The zero-order valence-electron chi connectivity index (χ0n) is 14.3. The maximum atomic E-state index is 12.1. The molecule has 3 aliphatic rings. The first kappa shape index (κ1) is 16.3. The highest BCUT2D eigenvalue weighted by Crippen LogP contribution is 2.69. The first-order chi connectivity index (χ1) is 11.5. The summed E-state index contributed by atoms with van der Waals surface area (Å²) in [6.45, 7) is 4.37. The molecule has 2 heterocycles. The third-order valence-electron chi connectivity index (χ3n) is 7.01. The minimum absolute atomic E-state index is 0.306. The van der Waals surface area contributed by atoms with Gasteiger partial charge >= 0.3 is 5.97 Å². The molecule has 0 amide bonds. The van der Waals surface area contributed by atoms with Crippen LogP contribution in [-0.4, -0.2) is 36.1 Å². The molecule has 1 aromatic rings. The van der Waals surface area contributed by atoms with E-state index in [0.29, 0.717) is 26.9 Å². The average Bonchev–Trinajstić information content (AvgIpc) is 3.35. The topological polar surface area (TPSA) is 55.3 Å². The number of anilines is 1. The second kappa shape index (κ2) is 5.68. The van der Waals surface area contributed by atoms with Crippen molar-refractivity contribution < 1.29 is 9.53 Å². The van der Waals surface area contributed by atoms with Crippen molar-refractivity contribution in [3.63, 3.8) is 0 Å². The Bertz CT molecular complexity index is 666. The summed E-state index contributed by atoms with van der Waals surface area (Å²) >= 11 is 3.29. The molecule has 2 aliphatic carbocycles. The van der Waals surface area contributed by atoms with E-state index in [9.17, 15) is 4.79 Å². The van der Waals surface area contributed by atoms with Crippen molar-refractivity contribution in [1.29, 1.82) is 0 Å². The number of carbonyl (C=O) groups excluding carboxylic acids is 1. The van der Waals surface area contributed by atoms with Crippen molar-refractivity contribution in [2.75, 3.05) is 25.1 Å². The second-order valence-corrected chi connectivity index (χ2v) is 8.60. The van der Waals surface area contributed by atoms with Gasteiger partial charge in [0.25, 0.3) is 0 Å². The zero-order valence-corrected chi connectivity index (χ0v) is 15.9. The van der Waals surface area contributed by atoms with E-state index in [1.807, 2.05) is 0 Å². The Labute approximate surface area is 151 Å². The van der Waals surface area contributed by atoms with Gasteiger partial charge in [-0.25, -0.2) is 14.8 Å². The van der Waals surface area contributed by atoms with Gasteiger partial charge in [-0.2, -0.15) is 0 Å². The monoisotopic (exact) mass is 393 g/mol. The fourth-order valence-electron chi connectivity index (χ4n) is 5.10. The number of hydrogen-bond donors (Lipinski definition) is 0. The molecule has 0 bridgehead atoms. The van der Waals surface area contributed by atoms with E-state index in [1.54, 1.807) is 6.20 Å². The molecule has 1 atom stereocenters. The van der Waals surface area contributed by atoms with Gasteiger partial charge in [-0.05, 0) is 71.2 Å². The van der Waals surface area contributed by atoms with Crippen LogP contribution >= 0.6 is 15.9 Å². The molecule has 5 nitrogen and oxygen atoms in total. The smallest absolute Gasteiger partial charge is 0.360 e. The molecule has 24 heavy (non-hydrogen) atoms. The van der Waals surface area contributed by atoms with Crippen LogP contribution in [0.25, 0.3) is 0 Å². The van der Waals surface area contributed by atoms with E-state index in [0.717, 1.165) is 19.0 Å². The van der Waals surface area contributed by atoms with Crippen LogP contribution in [0.1, 0.15) is 55.9 Å². The first-order valence-corrected chi connectivity index (χ1v) is 9.65. The molecule has 6 heteroatoms. The Balaban J connectivity index is 1.53. The van der Waals surface area contributed by atoms with E-state index in [-0.39, 0.29) is 0 Å². The van der Waals surface area contributed by atoms with Crippen LogP contribution in [0.2, 0.25) is 0 Å². The Morgan fingerprint density at radius 3 is 2.38 bits per heavy atom. The third-order valence-corrected chi connectivity index (χ3v) is 7.39. The zero-order chi connectivity index (χ0) is 16.9. The molecular formula is C18H24BrN3O2. The molecule has 2 spiro atoms. The highest BCUT2D eigenvalue weighted by atomic mass is 79.9. The van der Waals surface area contributed by atoms with Gasteiger partial charge in [0.2, 0.25) is 0 Å². The van der Waals surface area contributed by atoms with Gasteiger partial charge in [-0.3, -0.25) is 0 Å². The quantitative estimate of drug-likeness (QED) is 0.714. The summed E-state index contributed by atoms with van der Waals surface area (Å²) in [7, 11) is 1.38. The number of carbonyl (C=O) groups is 1. The molecule has 1 saturated heterocycles. The van der Waals surface area contributed by atoms with E-state index in [2.05, 4.69) is 37.7 Å². The van der Waals surface area contributed by atoms with Crippen LogP contribution in [0.5, 0.6) is 0 Å². The number of esters is 1. The second-order valence-electron chi connectivity index (χ2n) is 7.79. The predicted octanol–water partition coefficient (Wildman–Crippen LogP) is 3.82. The van der Waals surface area contributed by atoms with Gasteiger partial charge in [0, 0.05) is 13.1 Å². The van der Waals surface area contributed by atoms with E-state index >= 15 is 0 Å². The van der Waals surface area contributed by atoms with Crippen LogP contribution in [-0.2, 0) is 4.74 Å². The van der Waals surface area contributed by atoms with E-state index in [4.69, 9.17) is 4.74 Å². The molecule has 1 aromatic heterocycles. The summed E-state index contributed by atoms with van der Waals surface area (Å²) in [6.07, 6.45) is 9.69. The summed E-state index contributed by atoms with van der Waals surface area (Å²) in [4.78, 5) is 23.0. The van der Waals surface area contributed by atoms with Gasteiger partial charge in [0.15, 0.2) is 11.5 Å². The molecule has 1 aliphatic heterocycles. The number of hydrogen-bond acceptors (Lipinski definition) is 5. The Hall–Kier alpha value is -1.17. The predicted molar refractivity (Wildman–Crippen MR) is 95.0 cm³/mol. The summed E-state index contributed by atoms with van der Waals surface area (Å²) in [5.74, 6) is 1.07. The lowest BCUT2D eigenvalue weighted by molar-refractivity contribution is 0.0593. The molecule has 4 rings (SSSR count). The van der Waals surface area contributed by atoms with Crippen molar-refractivity contribution in [3.8, 4) is 0 Å². The van der Waals surface area contributed by atoms with Crippen LogP contribution in [0, 0.1) is 16.7 Å². The Kier molecular flexibility index (Phi) is 3.86. The van der Waals surface area contributed by atoms with Gasteiger partial charge in [-0.15, -0.1) is 0 Å². The third kappa shape index (κ3) is 2.45. The molecule has 0 radical (unpaired) electrons. The Morgan fingerprint density at radius 2 is 1.79 bits per heavy atom. The number of rotatable bonds is 2. The lowest BCUT2D eigenvalue weighted by Crippen LogP contribution is -2.43. The maximum Gasteiger partial charge on any atom is 0.360 e. The number of ether oxygens (including phenoxy) is 1. The Morgan fingerprint density at radius 1 is 1.21 bits per heavy atom. The molecule has 1 unspecified atom stereocenters. The van der Waals surface area contributed by atoms with Crippen molar-refractivity contribution >= 4 is 27.7 Å².